The molecular formula is C21H17F3N4O3. The van der Waals surface area contributed by atoms with Gasteiger partial charge in [0.05, 0.1) is 12.0 Å². The van der Waals surface area contributed by atoms with Crippen LogP contribution in [0.2, 0.25) is 0 Å². The smallest absolute Gasteiger partial charge is 0.416 e. The van der Waals surface area contributed by atoms with E-state index < -0.39 is 11.7 Å². The predicted octanol–water partition coefficient (Wildman–Crippen LogP) is 4.43. The number of halogens is 3. The highest BCUT2D eigenvalue weighted by Crippen LogP contribution is 2.29. The summed E-state index contributed by atoms with van der Waals surface area (Å²) in [4.78, 5) is 31.1. The summed E-state index contributed by atoms with van der Waals surface area (Å²) in [5, 5.41) is 5.19. The van der Waals surface area contributed by atoms with Gasteiger partial charge in [0.2, 0.25) is 17.7 Å². The van der Waals surface area contributed by atoms with Gasteiger partial charge < -0.3 is 15.4 Å². The third kappa shape index (κ3) is 6.53. The van der Waals surface area contributed by atoms with Gasteiger partial charge in [-0.1, -0.05) is 12.1 Å². The highest BCUT2D eigenvalue weighted by Gasteiger charge is 2.29. The number of nitrogens with one attached hydrogen (secondary N) is 2. The first-order valence-electron chi connectivity index (χ1n) is 9.02. The number of hydrogen-bond donors (Lipinski definition) is 2. The summed E-state index contributed by atoms with van der Waals surface area (Å²) in [6.07, 6.45) is -3.23. The SMILES string of the molecule is CC(=O)Nc1cc(Oc2ccc(NC(=O)Cc3ccc(C(F)(F)F)cc3)cc2)ncn1. The minimum absolute atomic E-state index is 0.0662. The van der Waals surface area contributed by atoms with Crippen LogP contribution in [-0.2, 0) is 22.2 Å². The van der Waals surface area contributed by atoms with E-state index in [4.69, 9.17) is 4.74 Å². The highest BCUT2D eigenvalue weighted by atomic mass is 19.4. The summed E-state index contributed by atoms with van der Waals surface area (Å²) >= 11 is 0. The zero-order valence-electron chi connectivity index (χ0n) is 16.2. The molecule has 3 rings (SSSR count). The quantitative estimate of drug-likeness (QED) is 0.604. The first-order chi connectivity index (χ1) is 14.7. The largest absolute Gasteiger partial charge is 0.439 e. The molecule has 0 spiro atoms. The first kappa shape index (κ1) is 21.8. The van der Waals surface area contributed by atoms with Gasteiger partial charge in [0, 0.05) is 18.7 Å². The van der Waals surface area contributed by atoms with Crippen LogP contribution < -0.4 is 15.4 Å². The van der Waals surface area contributed by atoms with Gasteiger partial charge in [-0.25, -0.2) is 9.97 Å². The van der Waals surface area contributed by atoms with Crippen LogP contribution in [0.1, 0.15) is 18.1 Å². The summed E-state index contributed by atoms with van der Waals surface area (Å²) in [7, 11) is 0. The first-order valence-corrected chi connectivity index (χ1v) is 9.02. The van der Waals surface area contributed by atoms with Gasteiger partial charge in [0.1, 0.15) is 17.9 Å². The molecule has 0 aliphatic carbocycles. The fourth-order valence-corrected chi connectivity index (χ4v) is 2.57. The second kappa shape index (κ2) is 9.24. The fraction of sp³-hybridized carbons (Fsp3) is 0.143. The van der Waals surface area contributed by atoms with E-state index in [-0.39, 0.29) is 24.1 Å². The zero-order chi connectivity index (χ0) is 22.4. The van der Waals surface area contributed by atoms with E-state index in [1.165, 1.54) is 31.5 Å². The normalized spacial score (nSPS) is 11.0. The van der Waals surface area contributed by atoms with Crippen LogP contribution in [0.5, 0.6) is 11.6 Å². The van der Waals surface area contributed by atoms with Crippen molar-refractivity contribution < 1.29 is 27.5 Å². The Labute approximate surface area is 175 Å². The maximum Gasteiger partial charge on any atom is 0.416 e. The molecule has 0 radical (unpaired) electrons. The Morgan fingerprint density at radius 3 is 2.26 bits per heavy atom. The Hall–Kier alpha value is -3.95. The van der Waals surface area contributed by atoms with Gasteiger partial charge in [0.15, 0.2) is 0 Å². The van der Waals surface area contributed by atoms with Gasteiger partial charge >= 0.3 is 6.18 Å². The lowest BCUT2D eigenvalue weighted by molar-refractivity contribution is -0.137. The van der Waals surface area contributed by atoms with E-state index >= 15 is 0 Å². The van der Waals surface area contributed by atoms with Crippen molar-refractivity contribution >= 4 is 23.3 Å². The van der Waals surface area contributed by atoms with E-state index in [0.717, 1.165) is 12.1 Å². The average Bonchev–Trinajstić information content (AvgIpc) is 2.69. The molecule has 1 aromatic heterocycles. The third-order valence-corrected chi connectivity index (χ3v) is 3.95. The molecule has 2 aromatic carbocycles. The van der Waals surface area contributed by atoms with Gasteiger partial charge in [-0.05, 0) is 42.0 Å². The number of amides is 2. The monoisotopic (exact) mass is 430 g/mol. The molecule has 7 nitrogen and oxygen atoms in total. The molecule has 0 unspecified atom stereocenters. The average molecular weight is 430 g/mol. The molecule has 2 N–H and O–H groups in total. The Balaban J connectivity index is 1.56. The molecule has 0 aliphatic heterocycles. The summed E-state index contributed by atoms with van der Waals surface area (Å²) in [5.41, 5.74) is 0.190. The van der Waals surface area contributed by atoms with Gasteiger partial charge in [0.25, 0.3) is 0 Å². The molecular weight excluding hydrogens is 413 g/mol. The molecule has 0 saturated heterocycles. The van der Waals surface area contributed by atoms with Crippen LogP contribution in [0, 0.1) is 0 Å². The number of ether oxygens (including phenoxy) is 1. The summed E-state index contributed by atoms with van der Waals surface area (Å²) in [5.74, 6) is 0.306. The topological polar surface area (TPSA) is 93.2 Å². The highest BCUT2D eigenvalue weighted by molar-refractivity contribution is 5.92. The van der Waals surface area contributed by atoms with Crippen molar-refractivity contribution in [3.05, 3.63) is 72.1 Å². The molecule has 160 valence electrons. The Kier molecular flexibility index (Phi) is 6.49. The molecule has 1 heterocycles. The molecule has 3 aromatic rings. The fourth-order valence-electron chi connectivity index (χ4n) is 2.57. The van der Waals surface area contributed by atoms with E-state index in [2.05, 4.69) is 20.6 Å². The van der Waals surface area contributed by atoms with Crippen molar-refractivity contribution in [2.75, 3.05) is 10.6 Å². The van der Waals surface area contributed by atoms with Crippen LogP contribution >= 0.6 is 0 Å². The second-order valence-corrected chi connectivity index (χ2v) is 6.47. The number of nitrogens with zero attached hydrogens (tertiary/aromatic N) is 2. The van der Waals surface area contributed by atoms with Crippen molar-refractivity contribution in [1.82, 2.24) is 9.97 Å². The van der Waals surface area contributed by atoms with Crippen LogP contribution in [0.25, 0.3) is 0 Å². The van der Waals surface area contributed by atoms with E-state index in [1.807, 2.05) is 0 Å². The number of anilines is 2. The third-order valence-electron chi connectivity index (χ3n) is 3.95. The van der Waals surface area contributed by atoms with E-state index in [0.29, 0.717) is 22.8 Å². The maximum atomic E-state index is 12.6. The lowest BCUT2D eigenvalue weighted by atomic mass is 10.1. The number of benzene rings is 2. The number of alkyl halides is 3. The number of aromatic nitrogens is 2. The summed E-state index contributed by atoms with van der Waals surface area (Å²) < 4.78 is 43.4. The Bertz CT molecular complexity index is 1070. The minimum atomic E-state index is -4.41. The van der Waals surface area contributed by atoms with E-state index in [9.17, 15) is 22.8 Å². The molecule has 2 amide bonds. The molecule has 0 fully saturated rings. The minimum Gasteiger partial charge on any atom is -0.439 e. The predicted molar refractivity (Wildman–Crippen MR) is 107 cm³/mol. The van der Waals surface area contributed by atoms with Crippen LogP contribution in [0.3, 0.4) is 0 Å². The number of carbonyl (C=O) groups is 2. The van der Waals surface area contributed by atoms with Gasteiger partial charge in [-0.15, -0.1) is 0 Å². The van der Waals surface area contributed by atoms with Crippen LogP contribution in [0.15, 0.2) is 60.9 Å². The lowest BCUT2D eigenvalue weighted by Crippen LogP contribution is -2.14. The Morgan fingerprint density at radius 1 is 0.968 bits per heavy atom. The number of hydrogen-bond acceptors (Lipinski definition) is 5. The van der Waals surface area contributed by atoms with Crippen LogP contribution in [0.4, 0.5) is 24.7 Å². The van der Waals surface area contributed by atoms with Crippen molar-refractivity contribution in [1.29, 1.82) is 0 Å². The Morgan fingerprint density at radius 2 is 1.65 bits per heavy atom. The summed E-state index contributed by atoms with van der Waals surface area (Å²) in [6, 6.07) is 12.3. The van der Waals surface area contributed by atoms with Gasteiger partial charge in [-0.3, -0.25) is 9.59 Å². The lowest BCUT2D eigenvalue weighted by Gasteiger charge is -2.09. The number of carbonyl (C=O) groups excluding carboxylic acids is 2. The van der Waals surface area contributed by atoms with Crippen molar-refractivity contribution in [3.8, 4) is 11.6 Å². The van der Waals surface area contributed by atoms with Crippen LogP contribution in [-0.4, -0.2) is 21.8 Å². The summed E-state index contributed by atoms with van der Waals surface area (Å²) in [6.45, 7) is 1.35. The molecule has 10 heteroatoms. The molecule has 0 atom stereocenters. The van der Waals surface area contributed by atoms with Crippen molar-refractivity contribution in [2.24, 2.45) is 0 Å². The molecule has 0 saturated carbocycles. The maximum absolute atomic E-state index is 12.6. The van der Waals surface area contributed by atoms with Crippen molar-refractivity contribution in [2.45, 2.75) is 19.5 Å². The molecule has 0 bridgehead atoms. The van der Waals surface area contributed by atoms with Crippen molar-refractivity contribution in [3.63, 3.8) is 0 Å². The number of rotatable bonds is 6. The zero-order valence-corrected chi connectivity index (χ0v) is 16.2. The molecule has 31 heavy (non-hydrogen) atoms. The second-order valence-electron chi connectivity index (χ2n) is 6.47. The standard InChI is InChI=1S/C21H17F3N4O3/c1-13(29)27-18-11-20(26-12-25-18)31-17-8-6-16(7-9-17)28-19(30)10-14-2-4-15(5-3-14)21(22,23)24/h2-9,11-12H,10H2,1H3,(H,28,30)(H,25,26,27,29). The molecule has 0 aliphatic rings. The van der Waals surface area contributed by atoms with E-state index in [1.54, 1.807) is 24.3 Å². The van der Waals surface area contributed by atoms with Gasteiger partial charge in [-0.2, -0.15) is 13.2 Å².